The van der Waals surface area contributed by atoms with Crippen molar-refractivity contribution in [3.05, 3.63) is 22.5 Å². The van der Waals surface area contributed by atoms with Gasteiger partial charge in [0.2, 0.25) is 5.95 Å². The molecule has 3 heterocycles. The molecule has 0 aliphatic carbocycles. The lowest BCUT2D eigenvalue weighted by Gasteiger charge is -2.37. The zero-order valence-corrected chi connectivity index (χ0v) is 16.3. The van der Waals surface area contributed by atoms with E-state index in [2.05, 4.69) is 15.1 Å². The highest BCUT2D eigenvalue weighted by atomic mass is 32.1. The van der Waals surface area contributed by atoms with E-state index in [-0.39, 0.29) is 5.56 Å². The first kappa shape index (κ1) is 17.8. The quantitative estimate of drug-likeness (QED) is 0.757. The van der Waals surface area contributed by atoms with Crippen molar-refractivity contribution in [2.24, 2.45) is 0 Å². The van der Waals surface area contributed by atoms with Gasteiger partial charge in [0.05, 0.1) is 10.9 Å². The van der Waals surface area contributed by atoms with Crippen LogP contribution in [0.4, 0.5) is 5.95 Å². The second kappa shape index (κ2) is 7.22. The van der Waals surface area contributed by atoms with Crippen LogP contribution in [0.1, 0.15) is 6.92 Å². The molecule has 0 bridgehead atoms. The van der Waals surface area contributed by atoms with Gasteiger partial charge < -0.3 is 24.6 Å². The van der Waals surface area contributed by atoms with Gasteiger partial charge in [-0.15, -0.1) is 0 Å². The van der Waals surface area contributed by atoms with Crippen molar-refractivity contribution in [1.82, 2.24) is 19.8 Å². The van der Waals surface area contributed by atoms with Crippen LogP contribution in [0.3, 0.4) is 0 Å². The summed E-state index contributed by atoms with van der Waals surface area (Å²) in [5.41, 5.74) is 0.583. The summed E-state index contributed by atoms with van der Waals surface area (Å²) >= 11 is 5.32. The maximum absolute atomic E-state index is 13.1. The SMILES string of the molecule is CCn1c(N2CCN(C(=S)NC)CC2)nc2cc3c(cc2c1=O)OCCO3. The molecular weight excluding hydrogens is 366 g/mol. The van der Waals surface area contributed by atoms with E-state index in [1.807, 2.05) is 14.0 Å². The van der Waals surface area contributed by atoms with Gasteiger partial charge in [-0.2, -0.15) is 0 Å². The first-order chi connectivity index (χ1) is 13.1. The molecule has 144 valence electrons. The average Bonchev–Trinajstić information content (AvgIpc) is 2.72. The van der Waals surface area contributed by atoms with E-state index < -0.39 is 0 Å². The molecule has 2 aromatic rings. The molecule has 27 heavy (non-hydrogen) atoms. The van der Waals surface area contributed by atoms with Crippen LogP contribution in [0.2, 0.25) is 0 Å². The predicted molar refractivity (Wildman–Crippen MR) is 108 cm³/mol. The highest BCUT2D eigenvalue weighted by molar-refractivity contribution is 7.80. The van der Waals surface area contributed by atoms with Gasteiger partial charge in [0.15, 0.2) is 16.6 Å². The van der Waals surface area contributed by atoms with E-state index in [0.29, 0.717) is 48.1 Å². The molecule has 0 atom stereocenters. The number of benzene rings is 1. The van der Waals surface area contributed by atoms with E-state index in [1.54, 1.807) is 16.7 Å². The van der Waals surface area contributed by atoms with E-state index in [4.69, 9.17) is 26.7 Å². The van der Waals surface area contributed by atoms with Crippen molar-refractivity contribution in [1.29, 1.82) is 0 Å². The van der Waals surface area contributed by atoms with E-state index in [1.165, 1.54) is 0 Å². The van der Waals surface area contributed by atoms with Crippen molar-refractivity contribution in [2.45, 2.75) is 13.5 Å². The predicted octanol–water partition coefficient (Wildman–Crippen LogP) is 0.814. The molecule has 4 rings (SSSR count). The molecule has 8 nitrogen and oxygen atoms in total. The maximum atomic E-state index is 13.1. The third-order valence-electron chi connectivity index (χ3n) is 4.98. The summed E-state index contributed by atoms with van der Waals surface area (Å²) in [7, 11) is 1.83. The zero-order chi connectivity index (χ0) is 19.0. The number of nitrogens with one attached hydrogen (secondary N) is 1. The minimum absolute atomic E-state index is 0.0531. The van der Waals surface area contributed by atoms with Gasteiger partial charge in [0, 0.05) is 45.8 Å². The Balaban J connectivity index is 1.72. The number of piperazine rings is 1. The summed E-state index contributed by atoms with van der Waals surface area (Å²) in [4.78, 5) is 22.2. The van der Waals surface area contributed by atoms with Gasteiger partial charge in [-0.25, -0.2) is 4.98 Å². The Morgan fingerprint density at radius 1 is 1.19 bits per heavy atom. The van der Waals surface area contributed by atoms with Gasteiger partial charge in [0.1, 0.15) is 13.2 Å². The summed E-state index contributed by atoms with van der Waals surface area (Å²) in [6, 6.07) is 3.56. The second-order valence-corrected chi connectivity index (χ2v) is 6.89. The molecule has 0 radical (unpaired) electrons. The number of nitrogens with zero attached hydrogens (tertiary/aromatic N) is 4. The van der Waals surface area contributed by atoms with Crippen LogP contribution in [0.25, 0.3) is 10.9 Å². The Morgan fingerprint density at radius 3 is 2.48 bits per heavy atom. The van der Waals surface area contributed by atoms with Crippen LogP contribution >= 0.6 is 12.2 Å². The van der Waals surface area contributed by atoms with Crippen molar-refractivity contribution < 1.29 is 9.47 Å². The lowest BCUT2D eigenvalue weighted by molar-refractivity contribution is 0.172. The summed E-state index contributed by atoms with van der Waals surface area (Å²) in [6.07, 6.45) is 0. The highest BCUT2D eigenvalue weighted by Crippen LogP contribution is 2.33. The zero-order valence-electron chi connectivity index (χ0n) is 15.5. The summed E-state index contributed by atoms with van der Waals surface area (Å²) in [6.45, 7) is 6.60. The summed E-state index contributed by atoms with van der Waals surface area (Å²) in [5, 5.41) is 4.32. The van der Waals surface area contributed by atoms with Crippen LogP contribution in [0, 0.1) is 0 Å². The molecule has 1 N–H and O–H groups in total. The maximum Gasteiger partial charge on any atom is 0.262 e. The minimum atomic E-state index is -0.0531. The molecule has 2 aliphatic rings. The number of aromatic nitrogens is 2. The molecule has 9 heteroatoms. The molecular formula is C18H23N5O3S. The molecule has 1 saturated heterocycles. The van der Waals surface area contributed by atoms with Crippen LogP contribution in [-0.4, -0.2) is 66.0 Å². The number of rotatable bonds is 2. The van der Waals surface area contributed by atoms with Gasteiger partial charge >= 0.3 is 0 Å². The largest absolute Gasteiger partial charge is 0.486 e. The van der Waals surface area contributed by atoms with Crippen molar-refractivity contribution >= 4 is 34.2 Å². The van der Waals surface area contributed by atoms with Crippen LogP contribution in [0.15, 0.2) is 16.9 Å². The Kier molecular flexibility index (Phi) is 4.77. The van der Waals surface area contributed by atoms with Crippen molar-refractivity contribution in [3.8, 4) is 11.5 Å². The fourth-order valence-electron chi connectivity index (χ4n) is 3.54. The van der Waals surface area contributed by atoms with Gasteiger partial charge in [-0.3, -0.25) is 9.36 Å². The lowest BCUT2D eigenvalue weighted by atomic mass is 10.2. The van der Waals surface area contributed by atoms with Gasteiger partial charge in [-0.05, 0) is 25.2 Å². The number of anilines is 1. The van der Waals surface area contributed by atoms with Crippen LogP contribution in [-0.2, 0) is 6.54 Å². The van der Waals surface area contributed by atoms with Crippen molar-refractivity contribution in [3.63, 3.8) is 0 Å². The number of hydrogen-bond donors (Lipinski definition) is 1. The van der Waals surface area contributed by atoms with E-state index in [9.17, 15) is 4.79 Å². The summed E-state index contributed by atoms with van der Waals surface area (Å²) in [5.74, 6) is 1.95. The van der Waals surface area contributed by atoms with Gasteiger partial charge in [-0.1, -0.05) is 0 Å². The standard InChI is InChI=1S/C18H23N5O3S/c1-3-23-16(24)12-10-14-15(26-9-8-25-14)11-13(12)20-17(23)21-4-6-22(7-5-21)18(27)19-2/h10-11H,3-9H2,1-2H3,(H,19,27). The summed E-state index contributed by atoms with van der Waals surface area (Å²) < 4.78 is 13.0. The Labute approximate surface area is 162 Å². The molecule has 1 aromatic carbocycles. The van der Waals surface area contributed by atoms with E-state index in [0.717, 1.165) is 31.3 Å². The average molecular weight is 389 g/mol. The first-order valence-corrected chi connectivity index (χ1v) is 9.59. The number of ether oxygens (including phenoxy) is 2. The van der Waals surface area contributed by atoms with Gasteiger partial charge in [0.25, 0.3) is 5.56 Å². The molecule has 0 saturated carbocycles. The van der Waals surface area contributed by atoms with Crippen LogP contribution in [0.5, 0.6) is 11.5 Å². The third-order valence-corrected chi connectivity index (χ3v) is 5.44. The third kappa shape index (κ3) is 3.16. The lowest BCUT2D eigenvalue weighted by Crippen LogP contribution is -2.52. The van der Waals surface area contributed by atoms with E-state index >= 15 is 0 Å². The molecule has 0 unspecified atom stereocenters. The Morgan fingerprint density at radius 2 is 1.85 bits per heavy atom. The topological polar surface area (TPSA) is 71.9 Å². The normalized spacial score (nSPS) is 16.5. The fraction of sp³-hybridized carbons (Fsp3) is 0.500. The minimum Gasteiger partial charge on any atom is -0.486 e. The first-order valence-electron chi connectivity index (χ1n) is 9.18. The fourth-order valence-corrected chi connectivity index (χ4v) is 3.72. The monoisotopic (exact) mass is 389 g/mol. The molecule has 1 fully saturated rings. The smallest absolute Gasteiger partial charge is 0.262 e. The molecule has 0 amide bonds. The van der Waals surface area contributed by atoms with Crippen LogP contribution < -0.4 is 25.2 Å². The molecule has 2 aliphatic heterocycles. The molecule has 0 spiro atoms. The second-order valence-electron chi connectivity index (χ2n) is 6.50. The Hall–Kier alpha value is -2.55. The molecule has 1 aromatic heterocycles. The number of hydrogen-bond acceptors (Lipinski definition) is 6. The Bertz CT molecular complexity index is 937. The highest BCUT2D eigenvalue weighted by Gasteiger charge is 2.24. The van der Waals surface area contributed by atoms with Crippen molar-refractivity contribution in [2.75, 3.05) is 51.3 Å². The number of fused-ring (bicyclic) bond motifs is 2. The number of thiocarbonyl (C=S) groups is 1.